The summed E-state index contributed by atoms with van der Waals surface area (Å²) in [6.45, 7) is 4.73. The molecule has 37 heavy (non-hydrogen) atoms. The number of hydrogen-bond donors (Lipinski definition) is 2. The van der Waals surface area contributed by atoms with E-state index in [2.05, 4.69) is 27.8 Å². The lowest BCUT2D eigenvalue weighted by Crippen LogP contribution is -2.47. The van der Waals surface area contributed by atoms with Gasteiger partial charge in [0.25, 0.3) is 5.91 Å². The van der Waals surface area contributed by atoms with Crippen LogP contribution in [0.25, 0.3) is 0 Å². The minimum absolute atomic E-state index is 0.0750. The first-order valence-electron chi connectivity index (χ1n) is 11.9. The van der Waals surface area contributed by atoms with Crippen LogP contribution in [0.5, 0.6) is 5.75 Å². The SMILES string of the molecule is C=CC[C@@]1(C(=O)NCc2ccc(Cl)cc2)N=C(c2ccc(OCCCO)cc2)O[C@@H]1c1ccc(Br)cc1. The lowest BCUT2D eigenvalue weighted by molar-refractivity contribution is -0.129. The molecule has 0 aliphatic carbocycles. The summed E-state index contributed by atoms with van der Waals surface area (Å²) < 4.78 is 13.0. The van der Waals surface area contributed by atoms with Crippen molar-refractivity contribution in [1.82, 2.24) is 5.32 Å². The Balaban J connectivity index is 1.65. The summed E-state index contributed by atoms with van der Waals surface area (Å²) in [5.41, 5.74) is 1.24. The summed E-state index contributed by atoms with van der Waals surface area (Å²) in [5, 5.41) is 12.6. The second-order valence-corrected chi connectivity index (χ2v) is 9.99. The maximum absolute atomic E-state index is 13.8. The average Bonchev–Trinajstić information content (AvgIpc) is 3.30. The van der Waals surface area contributed by atoms with Crippen molar-refractivity contribution in [3.8, 4) is 5.75 Å². The van der Waals surface area contributed by atoms with Gasteiger partial charge in [-0.15, -0.1) is 6.58 Å². The van der Waals surface area contributed by atoms with Gasteiger partial charge in [0.05, 0.1) is 6.61 Å². The molecule has 1 aliphatic heterocycles. The van der Waals surface area contributed by atoms with E-state index in [-0.39, 0.29) is 18.9 Å². The first kappa shape index (κ1) is 26.9. The monoisotopic (exact) mass is 582 g/mol. The van der Waals surface area contributed by atoms with Crippen LogP contribution in [0.1, 0.15) is 35.6 Å². The summed E-state index contributed by atoms with van der Waals surface area (Å²) in [6, 6.07) is 22.4. The quantitative estimate of drug-likeness (QED) is 0.214. The standard InChI is InChI=1S/C29H28BrClN2O4/c1-2-16-29(28(35)32-19-20-4-12-24(31)13-5-20)26(21-6-10-23(30)11-7-21)37-27(33-29)22-8-14-25(15-9-22)36-18-3-17-34/h2,4-15,26,34H,1,3,16-19H2,(H,32,35)/t26-,29-/m1/s1. The molecule has 1 aliphatic rings. The summed E-state index contributed by atoms with van der Waals surface area (Å²) in [4.78, 5) is 18.7. The summed E-state index contributed by atoms with van der Waals surface area (Å²) in [5.74, 6) is 0.797. The number of hydrogen-bond acceptors (Lipinski definition) is 5. The number of nitrogens with zero attached hydrogens (tertiary/aromatic N) is 1. The van der Waals surface area contributed by atoms with Gasteiger partial charge in [-0.05, 0) is 59.7 Å². The number of halogens is 2. The second kappa shape index (κ2) is 12.4. The normalized spacial score (nSPS) is 18.6. The van der Waals surface area contributed by atoms with E-state index in [1.54, 1.807) is 18.2 Å². The van der Waals surface area contributed by atoms with Crippen LogP contribution in [0.15, 0.2) is 94.9 Å². The van der Waals surface area contributed by atoms with Crippen LogP contribution in [-0.4, -0.2) is 35.7 Å². The topological polar surface area (TPSA) is 80.2 Å². The number of carbonyl (C=O) groups is 1. The molecule has 6 nitrogen and oxygen atoms in total. The summed E-state index contributed by atoms with van der Waals surface area (Å²) >= 11 is 9.48. The Hall–Kier alpha value is -3.13. The van der Waals surface area contributed by atoms with Crippen molar-refractivity contribution in [2.24, 2.45) is 4.99 Å². The Morgan fingerprint density at radius 2 is 1.84 bits per heavy atom. The van der Waals surface area contributed by atoms with Gasteiger partial charge in [0, 0.05) is 41.1 Å². The Bertz CT molecular complexity index is 1250. The van der Waals surface area contributed by atoms with Gasteiger partial charge in [0.1, 0.15) is 5.75 Å². The molecule has 2 atom stereocenters. The number of nitrogens with one attached hydrogen (secondary N) is 1. The molecular formula is C29H28BrClN2O4. The molecule has 192 valence electrons. The highest BCUT2D eigenvalue weighted by Gasteiger charge is 2.52. The van der Waals surface area contributed by atoms with Gasteiger partial charge in [0.15, 0.2) is 11.6 Å². The van der Waals surface area contributed by atoms with E-state index >= 15 is 0 Å². The highest BCUT2D eigenvalue weighted by molar-refractivity contribution is 9.10. The largest absolute Gasteiger partial charge is 0.494 e. The predicted molar refractivity (Wildman–Crippen MR) is 149 cm³/mol. The third-order valence-corrected chi connectivity index (χ3v) is 6.81. The average molecular weight is 584 g/mol. The molecule has 1 heterocycles. The molecule has 3 aromatic carbocycles. The number of aliphatic imine (C=N–C) groups is 1. The van der Waals surface area contributed by atoms with Crippen molar-refractivity contribution in [1.29, 1.82) is 0 Å². The van der Waals surface area contributed by atoms with Gasteiger partial charge in [-0.3, -0.25) is 4.79 Å². The molecule has 0 radical (unpaired) electrons. The van der Waals surface area contributed by atoms with E-state index in [9.17, 15) is 4.79 Å². The fourth-order valence-electron chi connectivity index (χ4n) is 4.11. The fraction of sp³-hybridized carbons (Fsp3) is 0.241. The van der Waals surface area contributed by atoms with E-state index < -0.39 is 11.6 Å². The number of aliphatic hydroxyl groups excluding tert-OH is 1. The third-order valence-electron chi connectivity index (χ3n) is 6.02. The molecule has 1 amide bonds. The van der Waals surface area contributed by atoms with Crippen molar-refractivity contribution in [3.05, 3.63) is 112 Å². The molecule has 0 aromatic heterocycles. The van der Waals surface area contributed by atoms with Crippen LogP contribution >= 0.6 is 27.5 Å². The molecule has 0 spiro atoms. The Labute approximate surface area is 230 Å². The van der Waals surface area contributed by atoms with E-state index in [1.165, 1.54) is 0 Å². The number of rotatable bonds is 11. The lowest BCUT2D eigenvalue weighted by atomic mass is 9.84. The first-order chi connectivity index (χ1) is 17.9. The fourth-order valence-corrected chi connectivity index (χ4v) is 4.50. The molecule has 4 rings (SSSR count). The molecule has 0 bridgehead atoms. The van der Waals surface area contributed by atoms with Crippen molar-refractivity contribution < 1.29 is 19.4 Å². The molecule has 8 heteroatoms. The molecule has 0 saturated heterocycles. The Morgan fingerprint density at radius 1 is 1.14 bits per heavy atom. The number of aliphatic hydroxyl groups is 1. The molecule has 3 aromatic rings. The number of ether oxygens (including phenoxy) is 2. The minimum atomic E-state index is -1.24. The van der Waals surface area contributed by atoms with Gasteiger partial charge in [-0.25, -0.2) is 4.99 Å². The molecule has 0 saturated carbocycles. The molecule has 0 unspecified atom stereocenters. The van der Waals surface area contributed by atoms with Gasteiger partial charge in [0.2, 0.25) is 5.90 Å². The first-order valence-corrected chi connectivity index (χ1v) is 13.1. The van der Waals surface area contributed by atoms with Crippen molar-refractivity contribution in [3.63, 3.8) is 0 Å². The van der Waals surface area contributed by atoms with E-state index in [1.807, 2.05) is 60.7 Å². The molecule has 0 fully saturated rings. The van der Waals surface area contributed by atoms with E-state index in [0.29, 0.717) is 36.2 Å². The van der Waals surface area contributed by atoms with Crippen LogP contribution in [-0.2, 0) is 16.1 Å². The molecule has 2 N–H and O–H groups in total. The van der Waals surface area contributed by atoms with Gasteiger partial charge in [-0.2, -0.15) is 0 Å². The maximum Gasteiger partial charge on any atom is 0.252 e. The summed E-state index contributed by atoms with van der Waals surface area (Å²) in [7, 11) is 0. The van der Waals surface area contributed by atoms with E-state index in [0.717, 1.165) is 21.2 Å². The van der Waals surface area contributed by atoms with Crippen LogP contribution in [0, 0.1) is 0 Å². The van der Waals surface area contributed by atoms with Gasteiger partial charge in [-0.1, -0.05) is 57.9 Å². The Morgan fingerprint density at radius 3 is 2.49 bits per heavy atom. The highest BCUT2D eigenvalue weighted by Crippen LogP contribution is 2.43. The second-order valence-electron chi connectivity index (χ2n) is 8.64. The number of benzene rings is 3. The number of carbonyl (C=O) groups excluding carboxylic acids is 1. The smallest absolute Gasteiger partial charge is 0.252 e. The zero-order valence-electron chi connectivity index (χ0n) is 20.2. The van der Waals surface area contributed by atoms with Crippen molar-refractivity contribution >= 4 is 39.3 Å². The van der Waals surface area contributed by atoms with Crippen LogP contribution in [0.3, 0.4) is 0 Å². The Kier molecular flexibility index (Phi) is 9.03. The highest BCUT2D eigenvalue weighted by atomic mass is 79.9. The van der Waals surface area contributed by atoms with Gasteiger partial charge >= 0.3 is 0 Å². The zero-order valence-corrected chi connectivity index (χ0v) is 22.5. The molecular weight excluding hydrogens is 556 g/mol. The van der Waals surface area contributed by atoms with Crippen LogP contribution in [0.2, 0.25) is 5.02 Å². The maximum atomic E-state index is 13.8. The van der Waals surface area contributed by atoms with Crippen molar-refractivity contribution in [2.75, 3.05) is 13.2 Å². The predicted octanol–water partition coefficient (Wildman–Crippen LogP) is 6.01. The third kappa shape index (κ3) is 6.42. The lowest BCUT2D eigenvalue weighted by Gasteiger charge is -2.29. The van der Waals surface area contributed by atoms with E-state index in [4.69, 9.17) is 31.2 Å². The zero-order chi connectivity index (χ0) is 26.3. The summed E-state index contributed by atoms with van der Waals surface area (Å²) in [6.07, 6.45) is 1.88. The van der Waals surface area contributed by atoms with Crippen molar-refractivity contribution in [2.45, 2.75) is 31.0 Å². The number of amides is 1. The van der Waals surface area contributed by atoms with Crippen LogP contribution < -0.4 is 10.1 Å². The van der Waals surface area contributed by atoms with Crippen LogP contribution in [0.4, 0.5) is 0 Å². The van der Waals surface area contributed by atoms with Gasteiger partial charge < -0.3 is 19.9 Å². The minimum Gasteiger partial charge on any atom is -0.494 e.